The second-order valence-electron chi connectivity index (χ2n) is 3.44. The number of phosphoric acid groups is 2. The second-order valence-corrected chi connectivity index (χ2v) is 5.49. The fraction of sp³-hybridized carbons (Fsp3) is 1.00. The molecule has 0 bridgehead atoms. The molecular weight excluding hydrogens is 286 g/mol. The van der Waals surface area contributed by atoms with Crippen LogP contribution < -0.4 is 0 Å². The zero-order valence-corrected chi connectivity index (χ0v) is 12.4. The fourth-order valence-electron chi connectivity index (χ4n) is 0.854. The van der Waals surface area contributed by atoms with Crippen molar-refractivity contribution in [1.82, 2.24) is 0 Å². The Bertz CT molecular complexity index is 203. The van der Waals surface area contributed by atoms with Gasteiger partial charge in [-0.1, -0.05) is 52.4 Å². The first-order valence-corrected chi connectivity index (χ1v) is 8.61. The lowest BCUT2D eigenvalue weighted by atomic mass is 10.1. The van der Waals surface area contributed by atoms with Crippen LogP contribution in [0.1, 0.15) is 52.4 Å². The summed E-state index contributed by atoms with van der Waals surface area (Å²) in [6.45, 7) is 4.51. The highest BCUT2D eigenvalue weighted by Crippen LogP contribution is 2.26. The van der Waals surface area contributed by atoms with E-state index in [9.17, 15) is 0 Å². The highest BCUT2D eigenvalue weighted by Gasteiger charge is 2.00. The summed E-state index contributed by atoms with van der Waals surface area (Å²) >= 11 is 0. The predicted octanol–water partition coefficient (Wildman–Crippen LogP) is 1.51. The smallest absolute Gasteiger partial charge is 0.303 e. The summed E-state index contributed by atoms with van der Waals surface area (Å²) in [5, 5.41) is 0. The molecule has 0 amide bonds. The topological polar surface area (TPSA) is 156 Å². The van der Waals surface area contributed by atoms with Gasteiger partial charge in [0.15, 0.2) is 0 Å². The SMILES string of the molecule is CCCCCCCC.O=P(O)(O)O.O=P(O)(O)O. The van der Waals surface area contributed by atoms with E-state index >= 15 is 0 Å². The molecule has 0 aromatic rings. The Hall–Kier alpha value is 0.220. The molecule has 0 atom stereocenters. The van der Waals surface area contributed by atoms with E-state index in [1.54, 1.807) is 0 Å². The molecule has 0 heterocycles. The van der Waals surface area contributed by atoms with Gasteiger partial charge in [0.1, 0.15) is 0 Å². The van der Waals surface area contributed by atoms with Gasteiger partial charge in [-0.3, -0.25) is 0 Å². The summed E-state index contributed by atoms with van der Waals surface area (Å²) in [6, 6.07) is 0. The standard InChI is InChI=1S/C8H18.2H3O4P/c1-3-5-7-8-6-4-2;2*1-5(2,3)4/h3-8H2,1-2H3;2*(H3,1,2,3,4). The molecule has 0 fully saturated rings. The van der Waals surface area contributed by atoms with Gasteiger partial charge in [0.2, 0.25) is 0 Å². The third-order valence-electron chi connectivity index (χ3n) is 1.46. The van der Waals surface area contributed by atoms with Crippen molar-refractivity contribution in [1.29, 1.82) is 0 Å². The van der Waals surface area contributed by atoms with E-state index in [1.807, 2.05) is 0 Å². The van der Waals surface area contributed by atoms with Crippen molar-refractivity contribution in [2.24, 2.45) is 0 Å². The van der Waals surface area contributed by atoms with Crippen LogP contribution in [0.15, 0.2) is 0 Å². The van der Waals surface area contributed by atoms with Gasteiger partial charge < -0.3 is 29.4 Å². The molecule has 8 nitrogen and oxygen atoms in total. The van der Waals surface area contributed by atoms with Crippen LogP contribution in [0.3, 0.4) is 0 Å². The lowest BCUT2D eigenvalue weighted by Gasteiger charge is -1.93. The van der Waals surface area contributed by atoms with E-state index in [1.165, 1.54) is 38.5 Å². The molecule has 0 saturated heterocycles. The van der Waals surface area contributed by atoms with Crippen LogP contribution in [-0.2, 0) is 9.13 Å². The van der Waals surface area contributed by atoms with Gasteiger partial charge in [0.05, 0.1) is 0 Å². The maximum absolute atomic E-state index is 8.88. The van der Waals surface area contributed by atoms with Gasteiger partial charge in [0, 0.05) is 0 Å². The summed E-state index contributed by atoms with van der Waals surface area (Å²) in [6.07, 6.45) is 8.49. The van der Waals surface area contributed by atoms with Gasteiger partial charge in [-0.2, -0.15) is 0 Å². The lowest BCUT2D eigenvalue weighted by molar-refractivity contribution is 0.272. The normalized spacial score (nSPS) is 10.9. The van der Waals surface area contributed by atoms with E-state index in [4.69, 9.17) is 38.5 Å². The predicted molar refractivity (Wildman–Crippen MR) is 67.6 cm³/mol. The molecule has 0 spiro atoms. The van der Waals surface area contributed by atoms with Crippen molar-refractivity contribution in [2.75, 3.05) is 0 Å². The molecule has 0 radical (unpaired) electrons. The quantitative estimate of drug-likeness (QED) is 0.329. The lowest BCUT2D eigenvalue weighted by Crippen LogP contribution is -1.73. The average molecular weight is 310 g/mol. The van der Waals surface area contributed by atoms with Gasteiger partial charge >= 0.3 is 15.6 Å². The molecule has 18 heavy (non-hydrogen) atoms. The van der Waals surface area contributed by atoms with Crippen LogP contribution in [0.4, 0.5) is 0 Å². The van der Waals surface area contributed by atoms with Gasteiger partial charge in [-0.05, 0) is 0 Å². The number of hydrogen-bond donors (Lipinski definition) is 6. The fourth-order valence-corrected chi connectivity index (χ4v) is 0.854. The van der Waals surface area contributed by atoms with Crippen LogP contribution in [0.5, 0.6) is 0 Å². The molecule has 0 unspecified atom stereocenters. The van der Waals surface area contributed by atoms with E-state index in [0.29, 0.717) is 0 Å². The second kappa shape index (κ2) is 13.6. The number of hydrogen-bond acceptors (Lipinski definition) is 2. The average Bonchev–Trinajstić information content (AvgIpc) is 2.07. The van der Waals surface area contributed by atoms with Gasteiger partial charge in [0.25, 0.3) is 0 Å². The monoisotopic (exact) mass is 310 g/mol. The molecule has 0 saturated carbocycles. The summed E-state index contributed by atoms with van der Waals surface area (Å²) in [7, 11) is -9.28. The van der Waals surface area contributed by atoms with Crippen LogP contribution >= 0.6 is 15.6 Å². The van der Waals surface area contributed by atoms with Crippen LogP contribution in [-0.4, -0.2) is 29.4 Å². The molecule has 114 valence electrons. The first-order valence-electron chi connectivity index (χ1n) is 5.48. The largest absolute Gasteiger partial charge is 0.466 e. The highest BCUT2D eigenvalue weighted by atomic mass is 31.2. The zero-order chi connectivity index (χ0) is 15.2. The minimum atomic E-state index is -4.64. The third-order valence-corrected chi connectivity index (χ3v) is 1.46. The number of rotatable bonds is 5. The molecule has 0 aliphatic rings. The first kappa shape index (κ1) is 23.3. The molecule has 0 rings (SSSR count). The van der Waals surface area contributed by atoms with Crippen molar-refractivity contribution in [2.45, 2.75) is 52.4 Å². The summed E-state index contributed by atoms with van der Waals surface area (Å²) in [4.78, 5) is 43.1. The molecule has 0 aliphatic carbocycles. The van der Waals surface area contributed by atoms with Crippen LogP contribution in [0.2, 0.25) is 0 Å². The Balaban J connectivity index is -0.000000197. The Morgan fingerprint density at radius 3 is 0.889 bits per heavy atom. The summed E-state index contributed by atoms with van der Waals surface area (Å²) < 4.78 is 17.8. The van der Waals surface area contributed by atoms with Gasteiger partial charge in [-0.25, -0.2) is 9.13 Å². The molecular formula is C8H24O8P2. The maximum Gasteiger partial charge on any atom is 0.466 e. The van der Waals surface area contributed by atoms with E-state index < -0.39 is 15.6 Å². The Labute approximate surface area is 107 Å². The molecule has 10 heteroatoms. The minimum Gasteiger partial charge on any atom is -0.303 e. The molecule has 0 aromatic carbocycles. The Morgan fingerprint density at radius 2 is 0.778 bits per heavy atom. The first-order chi connectivity index (χ1) is 7.91. The maximum atomic E-state index is 8.88. The zero-order valence-electron chi connectivity index (χ0n) is 10.6. The van der Waals surface area contributed by atoms with Crippen molar-refractivity contribution >= 4 is 15.6 Å². The Morgan fingerprint density at radius 1 is 0.611 bits per heavy atom. The molecule has 0 aliphatic heterocycles. The van der Waals surface area contributed by atoms with Crippen LogP contribution in [0.25, 0.3) is 0 Å². The Kier molecular flexibility index (Phi) is 17.7. The number of unbranched alkanes of at least 4 members (excludes halogenated alkanes) is 5. The van der Waals surface area contributed by atoms with Crippen molar-refractivity contribution < 1.29 is 38.5 Å². The molecule has 0 aromatic heterocycles. The molecule has 6 N–H and O–H groups in total. The van der Waals surface area contributed by atoms with E-state index in [-0.39, 0.29) is 0 Å². The highest BCUT2D eigenvalue weighted by molar-refractivity contribution is 7.45. The van der Waals surface area contributed by atoms with E-state index in [2.05, 4.69) is 13.8 Å². The van der Waals surface area contributed by atoms with Crippen molar-refractivity contribution in [3.8, 4) is 0 Å². The van der Waals surface area contributed by atoms with Crippen molar-refractivity contribution in [3.05, 3.63) is 0 Å². The van der Waals surface area contributed by atoms with E-state index in [0.717, 1.165) is 0 Å². The van der Waals surface area contributed by atoms with Gasteiger partial charge in [-0.15, -0.1) is 0 Å². The van der Waals surface area contributed by atoms with Crippen LogP contribution in [0, 0.1) is 0 Å². The minimum absolute atomic E-state index is 1.36. The summed E-state index contributed by atoms with van der Waals surface area (Å²) in [5.41, 5.74) is 0. The third kappa shape index (κ3) is 138. The van der Waals surface area contributed by atoms with Crippen molar-refractivity contribution in [3.63, 3.8) is 0 Å². The summed E-state index contributed by atoms with van der Waals surface area (Å²) in [5.74, 6) is 0.